The molecule has 1 saturated heterocycles. The number of hydrogen-bond acceptors (Lipinski definition) is 4. The third-order valence-corrected chi connectivity index (χ3v) is 5.20. The summed E-state index contributed by atoms with van der Waals surface area (Å²) in [4.78, 5) is 11.8. The first-order valence-corrected chi connectivity index (χ1v) is 7.08. The van der Waals surface area contributed by atoms with E-state index in [4.69, 9.17) is 4.74 Å². The van der Waals surface area contributed by atoms with E-state index in [1.807, 2.05) is 25.6 Å². The van der Waals surface area contributed by atoms with Crippen LogP contribution in [-0.2, 0) is 9.53 Å². The first-order chi connectivity index (χ1) is 6.61. The van der Waals surface area contributed by atoms with Gasteiger partial charge in [-0.05, 0) is 13.8 Å². The minimum absolute atomic E-state index is 0.146. The van der Waals surface area contributed by atoms with Crippen molar-refractivity contribution in [3.05, 3.63) is 0 Å². The highest BCUT2D eigenvalue weighted by Gasteiger charge is 2.28. The van der Waals surface area contributed by atoms with Crippen molar-refractivity contribution in [3.8, 4) is 0 Å². The molecule has 14 heavy (non-hydrogen) atoms. The molecule has 0 aromatic rings. The monoisotopic (exact) mass is 234 g/mol. The lowest BCUT2D eigenvalue weighted by Crippen LogP contribution is -2.34. The van der Waals surface area contributed by atoms with Gasteiger partial charge in [0.25, 0.3) is 0 Å². The van der Waals surface area contributed by atoms with Crippen molar-refractivity contribution < 1.29 is 9.53 Å². The molecule has 0 aliphatic carbocycles. The molecule has 0 radical (unpaired) electrons. The van der Waals surface area contributed by atoms with Crippen LogP contribution in [0.4, 0.5) is 0 Å². The Morgan fingerprint density at radius 2 is 2.07 bits per heavy atom. The van der Waals surface area contributed by atoms with Crippen molar-refractivity contribution >= 4 is 29.3 Å². The number of hydrogen-bond donors (Lipinski definition) is 0. The SMILES string of the molecule is CC(C)OCC(=O)C1SCCSC1C. The Kier molecular flexibility index (Phi) is 5.34. The number of carbonyl (C=O) groups is 1. The largest absolute Gasteiger partial charge is 0.371 e. The molecular weight excluding hydrogens is 216 g/mol. The van der Waals surface area contributed by atoms with Gasteiger partial charge >= 0.3 is 0 Å². The van der Waals surface area contributed by atoms with Gasteiger partial charge in [0.2, 0.25) is 0 Å². The molecule has 1 aliphatic heterocycles. The standard InChI is InChI=1S/C10H18O2S2/c1-7(2)12-6-9(11)10-8(3)13-4-5-14-10/h7-8,10H,4-6H2,1-3H3. The van der Waals surface area contributed by atoms with Gasteiger partial charge < -0.3 is 4.74 Å². The molecule has 0 aromatic heterocycles. The Hall–Kier alpha value is 0.330. The van der Waals surface area contributed by atoms with E-state index in [2.05, 4.69) is 6.92 Å². The molecule has 0 amide bonds. The fraction of sp³-hybridized carbons (Fsp3) is 0.900. The van der Waals surface area contributed by atoms with Crippen LogP contribution in [0.5, 0.6) is 0 Å². The predicted molar refractivity (Wildman–Crippen MR) is 64.3 cm³/mol. The fourth-order valence-electron chi connectivity index (χ4n) is 1.32. The summed E-state index contributed by atoms with van der Waals surface area (Å²) >= 11 is 3.67. The molecule has 2 unspecified atom stereocenters. The van der Waals surface area contributed by atoms with E-state index in [1.54, 1.807) is 11.8 Å². The average Bonchev–Trinajstić information content (AvgIpc) is 2.15. The Morgan fingerprint density at radius 1 is 1.43 bits per heavy atom. The second-order valence-corrected chi connectivity index (χ2v) is 6.43. The zero-order valence-corrected chi connectivity index (χ0v) is 10.6. The molecule has 1 aliphatic rings. The summed E-state index contributed by atoms with van der Waals surface area (Å²) in [5.41, 5.74) is 0. The summed E-state index contributed by atoms with van der Waals surface area (Å²) in [6.45, 7) is 6.33. The van der Waals surface area contributed by atoms with E-state index < -0.39 is 0 Å². The van der Waals surface area contributed by atoms with E-state index in [0.29, 0.717) is 5.25 Å². The Bertz CT molecular complexity index is 195. The van der Waals surface area contributed by atoms with Gasteiger partial charge in [0, 0.05) is 16.8 Å². The Labute approximate surface area is 94.5 Å². The highest BCUT2D eigenvalue weighted by atomic mass is 32.2. The lowest BCUT2D eigenvalue weighted by Gasteiger charge is -2.26. The summed E-state index contributed by atoms with van der Waals surface area (Å²) in [6, 6.07) is 0. The summed E-state index contributed by atoms with van der Waals surface area (Å²) in [7, 11) is 0. The third-order valence-electron chi connectivity index (χ3n) is 2.06. The first kappa shape index (κ1) is 12.4. The van der Waals surface area contributed by atoms with Crippen LogP contribution >= 0.6 is 23.5 Å². The van der Waals surface area contributed by atoms with Gasteiger partial charge in [-0.25, -0.2) is 0 Å². The van der Waals surface area contributed by atoms with Crippen LogP contribution in [0.1, 0.15) is 20.8 Å². The summed E-state index contributed by atoms with van der Waals surface area (Å²) < 4.78 is 5.33. The highest BCUT2D eigenvalue weighted by molar-refractivity contribution is 8.07. The van der Waals surface area contributed by atoms with Crippen LogP contribution < -0.4 is 0 Å². The number of ketones is 1. The maximum absolute atomic E-state index is 11.8. The fourth-order valence-corrected chi connectivity index (χ4v) is 4.04. The van der Waals surface area contributed by atoms with E-state index in [9.17, 15) is 4.79 Å². The molecule has 82 valence electrons. The van der Waals surface area contributed by atoms with Crippen LogP contribution in [0.2, 0.25) is 0 Å². The number of Topliss-reactive ketones (excluding diaryl/α,β-unsaturated/α-hetero) is 1. The predicted octanol–water partition coefficient (Wildman–Crippen LogP) is 2.22. The molecular formula is C10H18O2S2. The molecule has 0 N–H and O–H groups in total. The van der Waals surface area contributed by atoms with Crippen LogP contribution in [-0.4, -0.2) is 40.5 Å². The smallest absolute Gasteiger partial charge is 0.172 e. The first-order valence-electron chi connectivity index (χ1n) is 4.98. The van der Waals surface area contributed by atoms with Crippen LogP contribution in [0.15, 0.2) is 0 Å². The normalized spacial score (nSPS) is 28.0. The quantitative estimate of drug-likeness (QED) is 0.745. The Balaban J connectivity index is 2.34. The molecule has 2 nitrogen and oxygen atoms in total. The van der Waals surface area contributed by atoms with Gasteiger partial charge in [0.1, 0.15) is 6.61 Å². The van der Waals surface area contributed by atoms with Crippen molar-refractivity contribution in [3.63, 3.8) is 0 Å². The molecule has 1 rings (SSSR count). The molecule has 0 saturated carbocycles. The lowest BCUT2D eigenvalue weighted by molar-refractivity contribution is -0.124. The van der Waals surface area contributed by atoms with Gasteiger partial charge in [0.05, 0.1) is 11.4 Å². The second-order valence-electron chi connectivity index (χ2n) is 3.69. The topological polar surface area (TPSA) is 26.3 Å². The maximum atomic E-state index is 11.8. The van der Waals surface area contributed by atoms with Gasteiger partial charge in [-0.2, -0.15) is 11.8 Å². The van der Waals surface area contributed by atoms with E-state index in [1.165, 1.54) is 5.75 Å². The molecule has 0 aromatic carbocycles. The average molecular weight is 234 g/mol. The molecule has 2 atom stereocenters. The summed E-state index contributed by atoms with van der Waals surface area (Å²) in [5, 5.41) is 0.588. The van der Waals surface area contributed by atoms with E-state index >= 15 is 0 Å². The number of carbonyl (C=O) groups excluding carboxylic acids is 1. The van der Waals surface area contributed by atoms with Crippen molar-refractivity contribution in [2.75, 3.05) is 18.1 Å². The van der Waals surface area contributed by atoms with Crippen molar-refractivity contribution in [1.82, 2.24) is 0 Å². The number of thioether (sulfide) groups is 2. The van der Waals surface area contributed by atoms with Crippen LogP contribution in [0, 0.1) is 0 Å². The second kappa shape index (κ2) is 6.03. The minimum Gasteiger partial charge on any atom is -0.371 e. The van der Waals surface area contributed by atoms with Crippen LogP contribution in [0.25, 0.3) is 0 Å². The maximum Gasteiger partial charge on any atom is 0.172 e. The molecule has 0 bridgehead atoms. The zero-order valence-electron chi connectivity index (χ0n) is 8.99. The van der Waals surface area contributed by atoms with Crippen molar-refractivity contribution in [2.45, 2.75) is 37.4 Å². The van der Waals surface area contributed by atoms with Gasteiger partial charge in [-0.1, -0.05) is 6.92 Å². The van der Waals surface area contributed by atoms with E-state index in [0.717, 1.165) is 5.75 Å². The number of ether oxygens (including phenoxy) is 1. The summed E-state index contributed by atoms with van der Waals surface area (Å²) in [6.07, 6.45) is 0.149. The van der Waals surface area contributed by atoms with Crippen molar-refractivity contribution in [2.24, 2.45) is 0 Å². The number of rotatable bonds is 4. The van der Waals surface area contributed by atoms with E-state index in [-0.39, 0.29) is 23.7 Å². The lowest BCUT2D eigenvalue weighted by atomic mass is 10.2. The molecule has 4 heteroatoms. The molecule has 1 heterocycles. The minimum atomic E-state index is 0.146. The van der Waals surface area contributed by atoms with Gasteiger partial charge in [-0.15, -0.1) is 11.8 Å². The molecule has 1 fully saturated rings. The Morgan fingerprint density at radius 3 is 2.64 bits per heavy atom. The zero-order chi connectivity index (χ0) is 10.6. The third kappa shape index (κ3) is 3.83. The van der Waals surface area contributed by atoms with Crippen LogP contribution in [0.3, 0.4) is 0 Å². The van der Waals surface area contributed by atoms with Gasteiger partial charge in [-0.3, -0.25) is 4.79 Å². The van der Waals surface area contributed by atoms with Gasteiger partial charge in [0.15, 0.2) is 5.78 Å². The van der Waals surface area contributed by atoms with Crippen molar-refractivity contribution in [1.29, 1.82) is 0 Å². The molecule has 0 spiro atoms. The summed E-state index contributed by atoms with van der Waals surface area (Å²) in [5.74, 6) is 2.51. The highest BCUT2D eigenvalue weighted by Crippen LogP contribution is 2.31.